The van der Waals surface area contributed by atoms with Crippen molar-refractivity contribution in [2.24, 2.45) is 16.5 Å². The van der Waals surface area contributed by atoms with Crippen LogP contribution in [-0.4, -0.2) is 75.2 Å². The fourth-order valence-corrected chi connectivity index (χ4v) is 7.10. The van der Waals surface area contributed by atoms with Crippen molar-refractivity contribution in [2.75, 3.05) is 32.1 Å². The second-order valence-corrected chi connectivity index (χ2v) is 12.5. The molecular formula is C27H35N7O4S2. The largest absolute Gasteiger partial charge is 0.377 e. The van der Waals surface area contributed by atoms with Crippen molar-refractivity contribution in [2.45, 2.75) is 49.1 Å². The van der Waals surface area contributed by atoms with Crippen LogP contribution in [0.5, 0.6) is 0 Å². The Morgan fingerprint density at radius 1 is 1.18 bits per heavy atom. The number of fused-ring (bicyclic) bond motifs is 1. The van der Waals surface area contributed by atoms with Crippen LogP contribution < -0.4 is 21.1 Å². The highest BCUT2D eigenvalue weighted by atomic mass is 32.2. The summed E-state index contributed by atoms with van der Waals surface area (Å²) in [6.45, 7) is 0.586. The van der Waals surface area contributed by atoms with Crippen LogP contribution in [0.2, 0.25) is 0 Å². The van der Waals surface area contributed by atoms with Gasteiger partial charge in [0.25, 0.3) is 0 Å². The number of hydrogen-bond acceptors (Lipinski definition) is 8. The number of aliphatic imine (C=N–C) groups is 1. The van der Waals surface area contributed by atoms with Gasteiger partial charge < -0.3 is 21.3 Å². The monoisotopic (exact) mass is 585 g/mol. The Kier molecular flexibility index (Phi) is 9.38. The van der Waals surface area contributed by atoms with E-state index in [4.69, 9.17) is 11.5 Å². The Morgan fingerprint density at radius 2 is 1.93 bits per heavy atom. The quantitative estimate of drug-likeness (QED) is 0.134. The average molecular weight is 586 g/mol. The van der Waals surface area contributed by atoms with Crippen molar-refractivity contribution < 1.29 is 18.0 Å². The maximum Gasteiger partial charge on any atom is 0.241 e. The molecule has 2 unspecified atom stereocenters. The lowest BCUT2D eigenvalue weighted by molar-refractivity contribution is -0.135. The summed E-state index contributed by atoms with van der Waals surface area (Å²) in [6, 6.07) is 8.74. The summed E-state index contributed by atoms with van der Waals surface area (Å²) >= 11 is 1.23. The predicted molar refractivity (Wildman–Crippen MR) is 158 cm³/mol. The molecule has 1 aliphatic heterocycles. The number of anilines is 1. The smallest absolute Gasteiger partial charge is 0.241 e. The Balaban J connectivity index is 1.67. The molecule has 1 fully saturated rings. The number of ketones is 1. The van der Waals surface area contributed by atoms with Crippen molar-refractivity contribution in [1.29, 1.82) is 0 Å². The van der Waals surface area contributed by atoms with Gasteiger partial charge >= 0.3 is 0 Å². The van der Waals surface area contributed by atoms with E-state index in [1.807, 2.05) is 31.1 Å². The van der Waals surface area contributed by atoms with Gasteiger partial charge in [-0.1, -0.05) is 24.3 Å². The van der Waals surface area contributed by atoms with E-state index < -0.39 is 28.0 Å². The molecule has 40 heavy (non-hydrogen) atoms. The van der Waals surface area contributed by atoms with E-state index in [0.717, 1.165) is 23.9 Å². The van der Waals surface area contributed by atoms with Gasteiger partial charge in [0, 0.05) is 55.2 Å². The van der Waals surface area contributed by atoms with Crippen LogP contribution in [0.25, 0.3) is 10.8 Å². The molecular weight excluding hydrogens is 550 g/mol. The number of likely N-dealkylation sites (tertiary alicyclic amines) is 1. The van der Waals surface area contributed by atoms with E-state index >= 15 is 0 Å². The highest BCUT2D eigenvalue weighted by molar-refractivity contribution is 7.89. The van der Waals surface area contributed by atoms with E-state index in [9.17, 15) is 18.0 Å². The molecule has 0 radical (unpaired) electrons. The van der Waals surface area contributed by atoms with Gasteiger partial charge in [-0.25, -0.2) is 13.4 Å². The first-order valence-corrected chi connectivity index (χ1v) is 15.5. The zero-order chi connectivity index (χ0) is 28.9. The number of nitrogens with two attached hydrogens (primary N) is 2. The number of benzene rings is 2. The molecule has 1 aromatic heterocycles. The van der Waals surface area contributed by atoms with Crippen LogP contribution >= 0.6 is 11.3 Å². The van der Waals surface area contributed by atoms with Crippen LogP contribution in [0.1, 0.15) is 41.9 Å². The Labute approximate surface area is 238 Å². The highest BCUT2D eigenvalue weighted by Crippen LogP contribution is 2.31. The first-order valence-electron chi connectivity index (χ1n) is 13.1. The Morgan fingerprint density at radius 3 is 2.62 bits per heavy atom. The molecule has 1 saturated heterocycles. The van der Waals surface area contributed by atoms with Crippen LogP contribution in [0.3, 0.4) is 0 Å². The van der Waals surface area contributed by atoms with Gasteiger partial charge in [-0.2, -0.15) is 4.72 Å². The van der Waals surface area contributed by atoms with Gasteiger partial charge in [0.2, 0.25) is 21.7 Å². The maximum atomic E-state index is 14.0. The van der Waals surface area contributed by atoms with Gasteiger partial charge in [0.15, 0.2) is 11.0 Å². The maximum absolute atomic E-state index is 14.0. The molecule has 0 saturated carbocycles. The number of sulfonamides is 1. The summed E-state index contributed by atoms with van der Waals surface area (Å²) in [6.07, 6.45) is 4.06. The molecule has 4 rings (SSSR count). The lowest BCUT2D eigenvalue weighted by Crippen LogP contribution is -2.55. The normalized spacial score (nSPS) is 16.4. The van der Waals surface area contributed by atoms with E-state index in [0.29, 0.717) is 29.8 Å². The van der Waals surface area contributed by atoms with E-state index in [-0.39, 0.29) is 29.6 Å². The SMILES string of the molecule is CN(C)c1cccc2c(S(=O)(=O)NC(CCCN=C(N)N)C(=O)N3CCCCC3C(=O)c3nccs3)cccc12. The lowest BCUT2D eigenvalue weighted by atomic mass is 9.97. The minimum absolute atomic E-state index is 0.0739. The molecule has 0 spiro atoms. The third kappa shape index (κ3) is 6.60. The van der Waals surface area contributed by atoms with Crippen LogP contribution in [-0.2, 0) is 14.8 Å². The number of rotatable bonds is 11. The molecule has 2 atom stereocenters. The van der Waals surface area contributed by atoms with Crippen LogP contribution in [0.4, 0.5) is 5.69 Å². The number of nitrogens with one attached hydrogen (secondary N) is 1. The summed E-state index contributed by atoms with van der Waals surface area (Å²) in [5.74, 6) is -0.756. The fraction of sp³-hybridized carbons (Fsp3) is 0.407. The van der Waals surface area contributed by atoms with Crippen molar-refractivity contribution in [3.63, 3.8) is 0 Å². The Bertz CT molecular complexity index is 1490. The third-order valence-corrected chi connectivity index (χ3v) is 9.22. The van der Waals surface area contributed by atoms with E-state index in [2.05, 4.69) is 14.7 Å². The number of thiazole rings is 1. The fourth-order valence-electron chi connectivity index (χ4n) is 5.03. The number of aromatic nitrogens is 1. The minimum atomic E-state index is -4.14. The summed E-state index contributed by atoms with van der Waals surface area (Å²) < 4.78 is 30.3. The Hall–Kier alpha value is -3.55. The summed E-state index contributed by atoms with van der Waals surface area (Å²) in [4.78, 5) is 38.8. The first-order chi connectivity index (χ1) is 19.1. The number of carbonyl (C=O) groups excluding carboxylic acids is 2. The first kappa shape index (κ1) is 29.4. The van der Waals surface area contributed by atoms with Gasteiger partial charge in [-0.3, -0.25) is 14.6 Å². The number of nitrogens with zero attached hydrogens (tertiary/aromatic N) is 4. The van der Waals surface area contributed by atoms with E-state index in [1.54, 1.807) is 29.8 Å². The number of piperidine rings is 1. The van der Waals surface area contributed by atoms with Gasteiger partial charge in [0.05, 0.1) is 10.9 Å². The molecule has 0 bridgehead atoms. The zero-order valence-corrected chi connectivity index (χ0v) is 24.2. The lowest BCUT2D eigenvalue weighted by Gasteiger charge is -2.36. The molecule has 2 heterocycles. The van der Waals surface area contributed by atoms with Gasteiger partial charge in [-0.15, -0.1) is 11.3 Å². The molecule has 5 N–H and O–H groups in total. The third-order valence-electron chi connectivity index (χ3n) is 6.90. The minimum Gasteiger partial charge on any atom is -0.377 e. The van der Waals surface area contributed by atoms with Gasteiger partial charge in [-0.05, 0) is 44.2 Å². The van der Waals surface area contributed by atoms with E-state index in [1.165, 1.54) is 22.3 Å². The number of Topliss-reactive ketones (excluding diaryl/α,β-unsaturated/α-hetero) is 1. The second-order valence-electron chi connectivity index (χ2n) is 9.89. The molecule has 1 amide bonds. The molecule has 214 valence electrons. The number of hydrogen-bond donors (Lipinski definition) is 3. The molecule has 0 aliphatic carbocycles. The second kappa shape index (κ2) is 12.7. The molecule has 3 aromatic rings. The molecule has 13 heteroatoms. The molecule has 2 aromatic carbocycles. The van der Waals surface area contributed by atoms with Crippen molar-refractivity contribution >= 4 is 55.5 Å². The standard InChI is InChI=1S/C27H35N7O4S2/c1-33(2)21-12-5-9-19-18(21)8-6-13-23(19)40(37,38)32-20(10-7-14-31-27(28)29)26(36)34-16-4-3-11-22(34)24(35)25-30-15-17-39-25/h5-6,8-9,12-13,15,17,20,22,32H,3-4,7,10-11,14,16H2,1-2H3,(H4,28,29,31). The molecule has 1 aliphatic rings. The summed E-state index contributed by atoms with van der Waals surface area (Å²) in [5, 5.41) is 3.37. The van der Waals surface area contributed by atoms with Crippen molar-refractivity contribution in [3.8, 4) is 0 Å². The number of carbonyl (C=O) groups is 2. The van der Waals surface area contributed by atoms with Crippen LogP contribution in [0, 0.1) is 0 Å². The van der Waals surface area contributed by atoms with Crippen molar-refractivity contribution in [1.82, 2.24) is 14.6 Å². The van der Waals surface area contributed by atoms with Crippen molar-refractivity contribution in [3.05, 3.63) is 53.0 Å². The predicted octanol–water partition coefficient (Wildman–Crippen LogP) is 2.33. The summed E-state index contributed by atoms with van der Waals surface area (Å²) in [5.41, 5.74) is 11.8. The number of guanidine groups is 1. The number of amides is 1. The zero-order valence-electron chi connectivity index (χ0n) is 22.6. The topological polar surface area (TPSA) is 164 Å². The van der Waals surface area contributed by atoms with Gasteiger partial charge in [0.1, 0.15) is 6.04 Å². The highest BCUT2D eigenvalue weighted by Gasteiger charge is 2.38. The average Bonchev–Trinajstić information content (AvgIpc) is 3.48. The van der Waals surface area contributed by atoms with Crippen LogP contribution in [0.15, 0.2) is 57.9 Å². The molecule has 11 nitrogen and oxygen atoms in total. The summed E-state index contributed by atoms with van der Waals surface area (Å²) in [7, 11) is -0.362.